The Morgan fingerprint density at radius 2 is 2.00 bits per heavy atom. The minimum absolute atomic E-state index is 0.0327. The number of rotatable bonds is 10. The molecule has 0 aliphatic heterocycles. The van der Waals surface area contributed by atoms with E-state index in [9.17, 15) is 8.42 Å². The van der Waals surface area contributed by atoms with E-state index in [2.05, 4.69) is 15.6 Å². The fourth-order valence-electron chi connectivity index (χ4n) is 1.38. The zero-order valence-corrected chi connectivity index (χ0v) is 13.6. The van der Waals surface area contributed by atoms with E-state index in [-0.39, 0.29) is 11.8 Å². The highest BCUT2D eigenvalue weighted by Crippen LogP contribution is 1.95. The minimum Gasteiger partial charge on any atom is -0.382 e. The van der Waals surface area contributed by atoms with Crippen LogP contribution in [0.1, 0.15) is 13.3 Å². The van der Waals surface area contributed by atoms with Crippen molar-refractivity contribution in [1.29, 1.82) is 0 Å². The summed E-state index contributed by atoms with van der Waals surface area (Å²) in [6.07, 6.45) is 1.79. The average molecular weight is 309 g/mol. The molecule has 0 saturated carbocycles. The number of aliphatic imine (C=N–C) groups is 1. The lowest BCUT2D eigenvalue weighted by Gasteiger charge is -2.17. The maximum atomic E-state index is 11.1. The molecule has 1 atom stereocenters. The van der Waals surface area contributed by atoms with Crippen LogP contribution in [0.3, 0.4) is 0 Å². The molecular formula is C12H27N3O4S. The highest BCUT2D eigenvalue weighted by Gasteiger charge is 2.09. The quantitative estimate of drug-likeness (QED) is 0.325. The average Bonchev–Trinajstić information content (AvgIpc) is 2.38. The van der Waals surface area contributed by atoms with E-state index in [0.717, 1.165) is 0 Å². The van der Waals surface area contributed by atoms with Crippen LogP contribution in [0.25, 0.3) is 0 Å². The Morgan fingerprint density at radius 1 is 1.30 bits per heavy atom. The largest absolute Gasteiger partial charge is 0.382 e. The van der Waals surface area contributed by atoms with Crippen molar-refractivity contribution in [2.45, 2.75) is 19.4 Å². The van der Waals surface area contributed by atoms with Crippen LogP contribution in [0.2, 0.25) is 0 Å². The molecule has 0 heterocycles. The van der Waals surface area contributed by atoms with Gasteiger partial charge in [-0.05, 0) is 13.3 Å². The zero-order chi connectivity index (χ0) is 15.4. The van der Waals surface area contributed by atoms with Crippen LogP contribution in [0.15, 0.2) is 4.99 Å². The van der Waals surface area contributed by atoms with Gasteiger partial charge in [0.1, 0.15) is 9.84 Å². The molecule has 0 saturated heterocycles. The van der Waals surface area contributed by atoms with E-state index in [1.165, 1.54) is 6.26 Å². The van der Waals surface area contributed by atoms with Gasteiger partial charge in [0, 0.05) is 33.0 Å². The van der Waals surface area contributed by atoms with Gasteiger partial charge in [0.2, 0.25) is 0 Å². The second-order valence-corrected chi connectivity index (χ2v) is 6.83. The molecule has 7 nitrogen and oxygen atoms in total. The Hall–Kier alpha value is -0.860. The fourth-order valence-corrected chi connectivity index (χ4v) is 2.16. The molecule has 0 aromatic rings. The molecule has 0 fully saturated rings. The Labute approximate surface area is 122 Å². The first-order valence-corrected chi connectivity index (χ1v) is 8.66. The lowest BCUT2D eigenvalue weighted by Crippen LogP contribution is -2.43. The number of methoxy groups -OCH3 is 1. The molecule has 0 bridgehead atoms. The molecule has 8 heteroatoms. The number of sulfone groups is 1. The third-order valence-electron chi connectivity index (χ3n) is 2.50. The molecule has 1 unspecified atom stereocenters. The molecule has 120 valence electrons. The lowest BCUT2D eigenvalue weighted by molar-refractivity contribution is 0.0733. The monoisotopic (exact) mass is 309 g/mol. The minimum atomic E-state index is -2.92. The summed E-state index contributed by atoms with van der Waals surface area (Å²) in [5, 5.41) is 6.23. The molecule has 0 aromatic carbocycles. The van der Waals surface area contributed by atoms with Crippen LogP contribution in [-0.2, 0) is 19.3 Å². The Kier molecular flexibility index (Phi) is 10.4. The van der Waals surface area contributed by atoms with Gasteiger partial charge in [-0.3, -0.25) is 4.99 Å². The predicted molar refractivity (Wildman–Crippen MR) is 81.0 cm³/mol. The van der Waals surface area contributed by atoms with E-state index >= 15 is 0 Å². The molecule has 0 aliphatic rings. The number of hydrogen-bond donors (Lipinski definition) is 2. The molecule has 0 radical (unpaired) electrons. The molecule has 0 spiro atoms. The van der Waals surface area contributed by atoms with Crippen molar-refractivity contribution < 1.29 is 17.9 Å². The first kappa shape index (κ1) is 19.1. The molecule has 2 N–H and O–H groups in total. The Morgan fingerprint density at radius 3 is 2.55 bits per heavy atom. The normalized spacial score (nSPS) is 14.1. The van der Waals surface area contributed by atoms with Gasteiger partial charge in [0.25, 0.3) is 0 Å². The van der Waals surface area contributed by atoms with E-state index in [4.69, 9.17) is 9.47 Å². The van der Waals surface area contributed by atoms with Gasteiger partial charge in [0.15, 0.2) is 5.96 Å². The predicted octanol–water partition coefficient (Wildman–Crippen LogP) is -0.362. The lowest BCUT2D eigenvalue weighted by atomic mass is 10.3. The van der Waals surface area contributed by atoms with E-state index in [1.54, 1.807) is 14.2 Å². The van der Waals surface area contributed by atoms with E-state index < -0.39 is 9.84 Å². The highest BCUT2D eigenvalue weighted by atomic mass is 32.2. The number of guanidine groups is 1. The van der Waals surface area contributed by atoms with Crippen molar-refractivity contribution >= 4 is 15.8 Å². The highest BCUT2D eigenvalue weighted by molar-refractivity contribution is 7.90. The number of ether oxygens (including phenoxy) is 2. The summed E-state index contributed by atoms with van der Waals surface area (Å²) in [4.78, 5) is 4.07. The van der Waals surface area contributed by atoms with Gasteiger partial charge in [-0.15, -0.1) is 0 Å². The summed E-state index contributed by atoms with van der Waals surface area (Å²) in [6.45, 7) is 4.25. The number of hydrogen-bond acceptors (Lipinski definition) is 5. The van der Waals surface area contributed by atoms with Crippen molar-refractivity contribution in [2.75, 3.05) is 52.5 Å². The molecule has 20 heavy (non-hydrogen) atoms. The second-order valence-electron chi connectivity index (χ2n) is 4.57. The van der Waals surface area contributed by atoms with Crippen LogP contribution in [0.5, 0.6) is 0 Å². The first-order chi connectivity index (χ1) is 9.39. The van der Waals surface area contributed by atoms with Crippen molar-refractivity contribution in [3.63, 3.8) is 0 Å². The number of nitrogens with one attached hydrogen (secondary N) is 2. The number of nitrogens with zero attached hydrogens (tertiary/aromatic N) is 1. The third kappa shape index (κ3) is 12.2. The van der Waals surface area contributed by atoms with Gasteiger partial charge in [-0.2, -0.15) is 0 Å². The van der Waals surface area contributed by atoms with Crippen molar-refractivity contribution in [3.05, 3.63) is 0 Å². The molecule has 0 amide bonds. The van der Waals surface area contributed by atoms with Gasteiger partial charge in [-0.1, -0.05) is 0 Å². The Balaban J connectivity index is 3.81. The van der Waals surface area contributed by atoms with Crippen LogP contribution in [0.4, 0.5) is 0 Å². The SMILES string of the molecule is CN=C(NCCOCCOC)NC(C)CCS(C)(=O)=O. The molecule has 0 aromatic heterocycles. The van der Waals surface area contributed by atoms with Crippen LogP contribution in [0, 0.1) is 0 Å². The fraction of sp³-hybridized carbons (Fsp3) is 0.917. The van der Waals surface area contributed by atoms with Crippen molar-refractivity contribution in [1.82, 2.24) is 10.6 Å². The van der Waals surface area contributed by atoms with Crippen LogP contribution < -0.4 is 10.6 Å². The molecule has 0 rings (SSSR count). The van der Waals surface area contributed by atoms with Crippen LogP contribution in [-0.4, -0.2) is 73.0 Å². The second kappa shape index (κ2) is 10.9. The van der Waals surface area contributed by atoms with Gasteiger partial charge >= 0.3 is 0 Å². The van der Waals surface area contributed by atoms with E-state index in [0.29, 0.717) is 38.7 Å². The molecular weight excluding hydrogens is 282 g/mol. The maximum absolute atomic E-state index is 11.1. The summed E-state index contributed by atoms with van der Waals surface area (Å²) >= 11 is 0. The van der Waals surface area contributed by atoms with Gasteiger partial charge in [0.05, 0.1) is 25.6 Å². The van der Waals surface area contributed by atoms with Crippen molar-refractivity contribution in [3.8, 4) is 0 Å². The summed E-state index contributed by atoms with van der Waals surface area (Å²) in [7, 11) is 0.378. The summed E-state index contributed by atoms with van der Waals surface area (Å²) in [5.41, 5.74) is 0. The topological polar surface area (TPSA) is 89.0 Å². The van der Waals surface area contributed by atoms with Crippen LogP contribution >= 0.6 is 0 Å². The maximum Gasteiger partial charge on any atom is 0.191 e. The van der Waals surface area contributed by atoms with Gasteiger partial charge < -0.3 is 20.1 Å². The standard InChI is InChI=1S/C12H27N3O4S/c1-11(5-10-20(4,16)17)15-12(13-2)14-6-7-19-9-8-18-3/h11H,5-10H2,1-4H3,(H2,13,14,15). The Bertz CT molecular complexity index is 371. The molecule has 0 aliphatic carbocycles. The zero-order valence-electron chi connectivity index (χ0n) is 12.8. The first-order valence-electron chi connectivity index (χ1n) is 6.60. The smallest absolute Gasteiger partial charge is 0.191 e. The van der Waals surface area contributed by atoms with Crippen molar-refractivity contribution in [2.24, 2.45) is 4.99 Å². The summed E-state index contributed by atoms with van der Waals surface area (Å²) < 4.78 is 32.4. The van der Waals surface area contributed by atoms with E-state index in [1.807, 2.05) is 6.92 Å². The summed E-state index contributed by atoms with van der Waals surface area (Å²) in [5.74, 6) is 0.805. The summed E-state index contributed by atoms with van der Waals surface area (Å²) in [6, 6.07) is 0.0327. The third-order valence-corrected chi connectivity index (χ3v) is 3.48. The van der Waals surface area contributed by atoms with Gasteiger partial charge in [-0.25, -0.2) is 8.42 Å².